The first-order chi connectivity index (χ1) is 14.1. The van der Waals surface area contributed by atoms with Crippen molar-refractivity contribution in [3.63, 3.8) is 0 Å². The second kappa shape index (κ2) is 10.0. The van der Waals surface area contributed by atoms with Crippen LogP contribution in [0.4, 0.5) is 11.4 Å². The van der Waals surface area contributed by atoms with E-state index >= 15 is 0 Å². The van der Waals surface area contributed by atoms with Crippen LogP contribution in [0.3, 0.4) is 0 Å². The molecule has 1 fully saturated rings. The monoisotopic (exact) mass is 478 g/mol. The lowest BCUT2D eigenvalue weighted by atomic mass is 9.92. The number of amidine groups is 1. The highest BCUT2D eigenvalue weighted by Gasteiger charge is 2.32. The van der Waals surface area contributed by atoms with Crippen molar-refractivity contribution < 1.29 is 0 Å². The van der Waals surface area contributed by atoms with Crippen LogP contribution in [0.25, 0.3) is 0 Å². The molecular formula is C24H32Cl2N4S. The van der Waals surface area contributed by atoms with Crippen molar-refractivity contribution in [2.45, 2.75) is 60.5 Å². The minimum Gasteiger partial charge on any atom is -0.365 e. The van der Waals surface area contributed by atoms with Gasteiger partial charge in [0.1, 0.15) is 5.84 Å². The normalized spacial score (nSPS) is 22.2. The van der Waals surface area contributed by atoms with Crippen LogP contribution in [-0.4, -0.2) is 49.5 Å². The molecule has 1 saturated carbocycles. The van der Waals surface area contributed by atoms with Gasteiger partial charge in [0.25, 0.3) is 0 Å². The van der Waals surface area contributed by atoms with E-state index in [4.69, 9.17) is 4.99 Å². The molecule has 0 bridgehead atoms. The molecule has 0 saturated heterocycles. The Kier molecular flexibility index (Phi) is 7.85. The number of hydrogen-bond acceptors (Lipinski definition) is 5. The average molecular weight is 480 g/mol. The third kappa shape index (κ3) is 4.70. The number of para-hydroxylation sites is 1. The van der Waals surface area contributed by atoms with E-state index < -0.39 is 0 Å². The van der Waals surface area contributed by atoms with Gasteiger partial charge in [-0.25, -0.2) is 0 Å². The molecule has 5 rings (SSSR count). The fourth-order valence-electron chi connectivity index (χ4n) is 4.99. The first-order valence-corrected chi connectivity index (χ1v) is 11.6. The zero-order valence-corrected chi connectivity index (χ0v) is 20.8. The predicted molar refractivity (Wildman–Crippen MR) is 137 cm³/mol. The van der Waals surface area contributed by atoms with Crippen molar-refractivity contribution in [3.05, 3.63) is 48.0 Å². The number of anilines is 2. The van der Waals surface area contributed by atoms with E-state index in [0.29, 0.717) is 18.1 Å². The van der Waals surface area contributed by atoms with Gasteiger partial charge >= 0.3 is 0 Å². The van der Waals surface area contributed by atoms with Gasteiger partial charge in [-0.3, -0.25) is 4.99 Å². The molecule has 1 aliphatic carbocycles. The number of likely N-dealkylation sites (N-methyl/N-ethyl adjacent to an activating group) is 1. The van der Waals surface area contributed by atoms with E-state index in [1.807, 2.05) is 11.8 Å². The first-order valence-electron chi connectivity index (χ1n) is 10.8. The Balaban J connectivity index is 0.00000136. The minimum atomic E-state index is 0. The molecule has 7 heteroatoms. The van der Waals surface area contributed by atoms with E-state index in [9.17, 15) is 0 Å². The van der Waals surface area contributed by atoms with Crippen molar-refractivity contribution in [3.8, 4) is 0 Å². The van der Waals surface area contributed by atoms with Crippen LogP contribution in [0.1, 0.15) is 38.2 Å². The zero-order valence-electron chi connectivity index (χ0n) is 18.4. The molecule has 168 valence electrons. The van der Waals surface area contributed by atoms with Crippen molar-refractivity contribution >= 4 is 53.8 Å². The van der Waals surface area contributed by atoms with Gasteiger partial charge in [-0.1, -0.05) is 42.8 Å². The second-order valence-corrected chi connectivity index (χ2v) is 9.90. The van der Waals surface area contributed by atoms with E-state index in [-0.39, 0.29) is 24.8 Å². The summed E-state index contributed by atoms with van der Waals surface area (Å²) in [5.74, 6) is 1.09. The highest BCUT2D eigenvalue weighted by atomic mass is 35.5. The van der Waals surface area contributed by atoms with Crippen LogP contribution in [-0.2, 0) is 0 Å². The highest BCUT2D eigenvalue weighted by Crippen LogP contribution is 2.49. The maximum absolute atomic E-state index is 5.06. The molecular weight excluding hydrogens is 447 g/mol. The van der Waals surface area contributed by atoms with Gasteiger partial charge < -0.3 is 15.1 Å². The Bertz CT molecular complexity index is 949. The zero-order chi connectivity index (χ0) is 20.0. The van der Waals surface area contributed by atoms with Crippen LogP contribution in [0.2, 0.25) is 0 Å². The number of rotatable bonds is 4. The molecule has 1 N–H and O–H groups in total. The van der Waals surface area contributed by atoms with Crippen LogP contribution in [0.5, 0.6) is 0 Å². The summed E-state index contributed by atoms with van der Waals surface area (Å²) < 4.78 is 0. The summed E-state index contributed by atoms with van der Waals surface area (Å²) in [5, 5.41) is 3.73. The first kappa shape index (κ1) is 24.2. The largest absolute Gasteiger partial charge is 0.365 e. The maximum atomic E-state index is 5.06. The van der Waals surface area contributed by atoms with Crippen molar-refractivity contribution in [2.75, 3.05) is 25.5 Å². The molecule has 0 radical (unpaired) electrons. The van der Waals surface area contributed by atoms with Crippen LogP contribution in [0.15, 0.2) is 57.2 Å². The molecule has 2 aromatic carbocycles. The molecule has 2 heterocycles. The Hall–Kier alpha value is -1.40. The van der Waals surface area contributed by atoms with Crippen LogP contribution in [0, 0.1) is 0 Å². The fourth-order valence-corrected chi connectivity index (χ4v) is 6.04. The number of halogens is 2. The number of nitrogens with one attached hydrogen (secondary N) is 1. The molecule has 2 aromatic rings. The molecule has 31 heavy (non-hydrogen) atoms. The maximum Gasteiger partial charge on any atom is 0.128 e. The Morgan fingerprint density at radius 2 is 1.81 bits per heavy atom. The molecule has 3 unspecified atom stereocenters. The average Bonchev–Trinajstić information content (AvgIpc) is 3.15. The summed E-state index contributed by atoms with van der Waals surface area (Å²) in [4.78, 5) is 12.5. The summed E-state index contributed by atoms with van der Waals surface area (Å²) >= 11 is 1.88. The Morgan fingerprint density at radius 3 is 2.58 bits per heavy atom. The van der Waals surface area contributed by atoms with Crippen molar-refractivity contribution in [1.82, 2.24) is 10.2 Å². The van der Waals surface area contributed by atoms with Gasteiger partial charge in [-0.2, -0.15) is 0 Å². The minimum absolute atomic E-state index is 0. The standard InChI is InChI=1S/C24H30N4S.2ClH/c1-16(15-27(2)3)28-20-10-6-7-11-22(20)29-23-13-12-17(14-21(23)28)24-25-18-8-4-5-9-19(18)26-24;;/h6-7,10-14,16,18-19H,4-5,8-9,15H2,1-3H3,(H,25,26);2*1H. The third-order valence-corrected chi connectivity index (χ3v) is 7.38. The lowest BCUT2D eigenvalue weighted by Crippen LogP contribution is -2.39. The SMILES string of the molecule is CC(CN(C)C)N1c2ccccc2Sc2ccc(C3=NC4CCCCC4N3)cc21.Cl.Cl. The van der Waals surface area contributed by atoms with Gasteiger partial charge in [-0.05, 0) is 58.1 Å². The number of fused-ring (bicyclic) bond motifs is 3. The summed E-state index contributed by atoms with van der Waals surface area (Å²) in [6.45, 7) is 3.33. The summed E-state index contributed by atoms with van der Waals surface area (Å²) in [5.41, 5.74) is 3.84. The Labute approximate surface area is 202 Å². The molecule has 3 atom stereocenters. The number of benzene rings is 2. The van der Waals surface area contributed by atoms with Gasteiger partial charge in [-0.15, -0.1) is 24.8 Å². The summed E-state index contributed by atoms with van der Waals surface area (Å²) in [6.07, 6.45) is 5.11. The lowest BCUT2D eigenvalue weighted by Gasteiger charge is -2.38. The summed E-state index contributed by atoms with van der Waals surface area (Å²) in [7, 11) is 4.30. The molecule has 0 aromatic heterocycles. The topological polar surface area (TPSA) is 30.9 Å². The van der Waals surface area contributed by atoms with E-state index in [1.165, 1.54) is 52.4 Å². The molecule has 0 spiro atoms. The summed E-state index contributed by atoms with van der Waals surface area (Å²) in [6, 6.07) is 17.0. The third-order valence-electron chi connectivity index (χ3n) is 6.25. The van der Waals surface area contributed by atoms with E-state index in [0.717, 1.165) is 12.4 Å². The van der Waals surface area contributed by atoms with Gasteiger partial charge in [0.15, 0.2) is 0 Å². The quantitative estimate of drug-likeness (QED) is 0.606. The predicted octanol–water partition coefficient (Wildman–Crippen LogP) is 5.74. The van der Waals surface area contributed by atoms with Crippen LogP contribution < -0.4 is 10.2 Å². The van der Waals surface area contributed by atoms with Gasteiger partial charge in [0, 0.05) is 34.0 Å². The van der Waals surface area contributed by atoms with Crippen molar-refractivity contribution in [2.24, 2.45) is 4.99 Å². The lowest BCUT2D eigenvalue weighted by molar-refractivity contribution is 0.380. The van der Waals surface area contributed by atoms with Gasteiger partial charge in [0.2, 0.25) is 0 Å². The van der Waals surface area contributed by atoms with E-state index in [1.54, 1.807) is 0 Å². The van der Waals surface area contributed by atoms with Crippen LogP contribution >= 0.6 is 36.6 Å². The Morgan fingerprint density at radius 1 is 1.06 bits per heavy atom. The number of nitrogens with zero attached hydrogens (tertiary/aromatic N) is 3. The fraction of sp³-hybridized carbons (Fsp3) is 0.458. The molecule has 2 aliphatic heterocycles. The molecule has 0 amide bonds. The van der Waals surface area contributed by atoms with E-state index in [2.05, 4.69) is 78.6 Å². The number of hydrogen-bond donors (Lipinski definition) is 1. The van der Waals surface area contributed by atoms with Crippen molar-refractivity contribution in [1.29, 1.82) is 0 Å². The second-order valence-electron chi connectivity index (χ2n) is 8.81. The molecule has 4 nitrogen and oxygen atoms in total. The number of aliphatic imine (C=N–C) groups is 1. The van der Waals surface area contributed by atoms with Gasteiger partial charge in [0.05, 0.1) is 17.4 Å². The molecule has 3 aliphatic rings. The smallest absolute Gasteiger partial charge is 0.128 e. The highest BCUT2D eigenvalue weighted by molar-refractivity contribution is 7.99.